The van der Waals surface area contributed by atoms with Crippen molar-refractivity contribution in [3.05, 3.63) is 79.4 Å². The lowest BCUT2D eigenvalue weighted by atomic mass is 9.98. The number of esters is 1. The third-order valence-electron chi connectivity index (χ3n) is 5.86. The van der Waals surface area contributed by atoms with E-state index in [0.717, 1.165) is 0 Å². The number of carbonyl (C=O) groups is 2. The van der Waals surface area contributed by atoms with Crippen LogP contribution in [0.5, 0.6) is 0 Å². The standard InChI is InChI=1S/C25H25Cl2N5O4/c1-13(2)29-25-30-21-12-31(22(33)15-5-7-18(26)19(27)10-15)14(3)9-17(21)23(34)32(25)16-6-8-20(28-11-16)24(35)36-4/h5-8,10-11,13-14H,9,12H2,1-4H3,(H,29,30)/t14-/m1/s1. The summed E-state index contributed by atoms with van der Waals surface area (Å²) in [4.78, 5) is 49.3. The van der Waals surface area contributed by atoms with Gasteiger partial charge in [0.15, 0.2) is 0 Å². The molecule has 0 fully saturated rings. The number of anilines is 1. The van der Waals surface area contributed by atoms with Gasteiger partial charge < -0.3 is 15.0 Å². The summed E-state index contributed by atoms with van der Waals surface area (Å²) >= 11 is 12.1. The molecule has 4 rings (SSSR count). The van der Waals surface area contributed by atoms with E-state index in [0.29, 0.717) is 44.9 Å². The van der Waals surface area contributed by atoms with Crippen molar-refractivity contribution in [1.29, 1.82) is 0 Å². The molecule has 36 heavy (non-hydrogen) atoms. The van der Waals surface area contributed by atoms with Crippen LogP contribution in [-0.2, 0) is 17.7 Å². The third-order valence-corrected chi connectivity index (χ3v) is 6.60. The maximum Gasteiger partial charge on any atom is 0.356 e. The monoisotopic (exact) mass is 529 g/mol. The van der Waals surface area contributed by atoms with Crippen molar-refractivity contribution in [2.24, 2.45) is 0 Å². The fourth-order valence-electron chi connectivity index (χ4n) is 4.06. The third kappa shape index (κ3) is 4.94. The number of amides is 1. The van der Waals surface area contributed by atoms with Gasteiger partial charge in [0.05, 0.1) is 41.3 Å². The SMILES string of the molecule is COC(=O)c1ccc(-n2c(NC(C)C)nc3c(c2=O)C[C@@H](C)N(C(=O)c2ccc(Cl)c(Cl)c2)C3)cn1. The zero-order valence-electron chi connectivity index (χ0n) is 20.2. The Morgan fingerprint density at radius 1 is 1.17 bits per heavy atom. The minimum absolute atomic E-state index is 0.0278. The van der Waals surface area contributed by atoms with Crippen molar-refractivity contribution >= 4 is 41.0 Å². The average Bonchev–Trinajstić information content (AvgIpc) is 2.85. The van der Waals surface area contributed by atoms with Crippen LogP contribution in [0, 0.1) is 0 Å². The van der Waals surface area contributed by atoms with Crippen molar-refractivity contribution in [2.75, 3.05) is 12.4 Å². The van der Waals surface area contributed by atoms with Crippen LogP contribution in [0.3, 0.4) is 0 Å². The van der Waals surface area contributed by atoms with E-state index in [4.69, 9.17) is 32.9 Å². The highest BCUT2D eigenvalue weighted by molar-refractivity contribution is 6.42. The van der Waals surface area contributed by atoms with Gasteiger partial charge in [0, 0.05) is 23.2 Å². The van der Waals surface area contributed by atoms with E-state index in [-0.39, 0.29) is 35.8 Å². The molecule has 9 nitrogen and oxygen atoms in total. The van der Waals surface area contributed by atoms with Crippen LogP contribution in [0.2, 0.25) is 10.0 Å². The Balaban J connectivity index is 1.75. The first kappa shape index (κ1) is 25.7. The average molecular weight is 530 g/mol. The second-order valence-corrected chi connectivity index (χ2v) is 9.62. The minimum atomic E-state index is -0.571. The van der Waals surface area contributed by atoms with Crippen molar-refractivity contribution in [3.8, 4) is 5.69 Å². The van der Waals surface area contributed by atoms with Gasteiger partial charge in [-0.2, -0.15) is 0 Å². The summed E-state index contributed by atoms with van der Waals surface area (Å²) in [5, 5.41) is 3.87. The van der Waals surface area contributed by atoms with Gasteiger partial charge in [-0.1, -0.05) is 23.2 Å². The molecule has 1 aromatic carbocycles. The Bertz CT molecular complexity index is 1390. The van der Waals surface area contributed by atoms with Gasteiger partial charge >= 0.3 is 5.97 Å². The molecule has 11 heteroatoms. The first-order valence-electron chi connectivity index (χ1n) is 11.3. The van der Waals surface area contributed by atoms with Crippen molar-refractivity contribution < 1.29 is 14.3 Å². The lowest BCUT2D eigenvalue weighted by Crippen LogP contribution is -2.46. The predicted molar refractivity (Wildman–Crippen MR) is 137 cm³/mol. The molecule has 3 aromatic rings. The van der Waals surface area contributed by atoms with Crippen LogP contribution < -0.4 is 10.9 Å². The molecule has 0 radical (unpaired) electrons. The van der Waals surface area contributed by atoms with Gasteiger partial charge in [-0.25, -0.2) is 19.3 Å². The highest BCUT2D eigenvalue weighted by atomic mass is 35.5. The van der Waals surface area contributed by atoms with Crippen LogP contribution in [0.25, 0.3) is 5.69 Å². The fraction of sp³-hybridized carbons (Fsp3) is 0.320. The molecule has 1 amide bonds. The highest BCUT2D eigenvalue weighted by Gasteiger charge is 2.32. The number of nitrogens with one attached hydrogen (secondary N) is 1. The van der Waals surface area contributed by atoms with E-state index in [1.54, 1.807) is 23.1 Å². The normalized spacial score (nSPS) is 15.0. The molecule has 3 heterocycles. The van der Waals surface area contributed by atoms with Crippen molar-refractivity contribution in [3.63, 3.8) is 0 Å². The molecule has 0 spiro atoms. The summed E-state index contributed by atoms with van der Waals surface area (Å²) in [7, 11) is 1.28. The van der Waals surface area contributed by atoms with Gasteiger partial charge in [0.1, 0.15) is 5.69 Å². The molecule has 0 bridgehead atoms. The van der Waals surface area contributed by atoms with Gasteiger partial charge in [0.2, 0.25) is 5.95 Å². The molecule has 2 aromatic heterocycles. The topological polar surface area (TPSA) is 106 Å². The Hall–Kier alpha value is -3.43. The molecule has 1 atom stereocenters. The maximum atomic E-state index is 13.7. The molecule has 1 aliphatic rings. The van der Waals surface area contributed by atoms with Crippen LogP contribution in [0.1, 0.15) is 52.9 Å². The van der Waals surface area contributed by atoms with Crippen molar-refractivity contribution in [1.82, 2.24) is 19.4 Å². The molecular formula is C25H25Cl2N5O4. The number of ether oxygens (including phenoxy) is 1. The van der Waals surface area contributed by atoms with Gasteiger partial charge in [0.25, 0.3) is 11.5 Å². The molecule has 1 aliphatic heterocycles. The van der Waals surface area contributed by atoms with E-state index in [1.165, 1.54) is 30.0 Å². The number of hydrogen-bond donors (Lipinski definition) is 1. The molecular weight excluding hydrogens is 505 g/mol. The van der Waals surface area contributed by atoms with Crippen molar-refractivity contribution in [2.45, 2.75) is 45.8 Å². The summed E-state index contributed by atoms with van der Waals surface area (Å²) in [6.45, 7) is 5.90. The lowest BCUT2D eigenvalue weighted by Gasteiger charge is -2.34. The fourth-order valence-corrected chi connectivity index (χ4v) is 4.36. The number of pyridine rings is 1. The molecule has 188 valence electrons. The van der Waals surface area contributed by atoms with E-state index < -0.39 is 5.97 Å². The largest absolute Gasteiger partial charge is 0.464 e. The second-order valence-electron chi connectivity index (χ2n) is 8.81. The molecule has 1 N–H and O–H groups in total. The summed E-state index contributed by atoms with van der Waals surface area (Å²) in [6.07, 6.45) is 1.75. The summed E-state index contributed by atoms with van der Waals surface area (Å²) in [5.41, 5.74) is 1.77. The number of rotatable bonds is 5. The summed E-state index contributed by atoms with van der Waals surface area (Å²) in [5.74, 6) is -0.477. The first-order valence-corrected chi connectivity index (χ1v) is 12.1. The molecule has 0 saturated carbocycles. The van der Waals surface area contributed by atoms with Gasteiger partial charge in [-0.05, 0) is 57.5 Å². The van der Waals surface area contributed by atoms with E-state index in [9.17, 15) is 14.4 Å². The minimum Gasteiger partial charge on any atom is -0.464 e. The summed E-state index contributed by atoms with van der Waals surface area (Å²) < 4.78 is 6.14. The van der Waals surface area contributed by atoms with Gasteiger partial charge in [-0.15, -0.1) is 0 Å². The Labute approximate surface area is 218 Å². The number of methoxy groups -OCH3 is 1. The van der Waals surface area contributed by atoms with E-state index >= 15 is 0 Å². The summed E-state index contributed by atoms with van der Waals surface area (Å²) in [6, 6.07) is 7.57. The first-order chi connectivity index (χ1) is 17.1. The number of hydrogen-bond acceptors (Lipinski definition) is 7. The zero-order chi connectivity index (χ0) is 26.1. The quantitative estimate of drug-likeness (QED) is 0.495. The maximum absolute atomic E-state index is 13.7. The van der Waals surface area contributed by atoms with Crippen LogP contribution in [0.4, 0.5) is 5.95 Å². The highest BCUT2D eigenvalue weighted by Crippen LogP contribution is 2.27. The lowest BCUT2D eigenvalue weighted by molar-refractivity contribution is 0.0593. The van der Waals surface area contributed by atoms with E-state index in [1.807, 2.05) is 20.8 Å². The number of carbonyl (C=O) groups excluding carboxylic acids is 2. The van der Waals surface area contributed by atoms with Gasteiger partial charge in [-0.3, -0.25) is 9.59 Å². The Morgan fingerprint density at radius 2 is 1.92 bits per heavy atom. The number of nitrogens with zero attached hydrogens (tertiary/aromatic N) is 4. The molecule has 0 saturated heterocycles. The van der Waals surface area contributed by atoms with Crippen LogP contribution >= 0.6 is 23.2 Å². The Kier molecular flexibility index (Phi) is 7.33. The number of benzene rings is 1. The molecule has 0 aliphatic carbocycles. The molecule has 0 unspecified atom stereocenters. The van der Waals surface area contributed by atoms with E-state index in [2.05, 4.69) is 10.3 Å². The Morgan fingerprint density at radius 3 is 2.53 bits per heavy atom. The number of aromatic nitrogens is 3. The predicted octanol–water partition coefficient (Wildman–Crippen LogP) is 4.13. The van der Waals surface area contributed by atoms with Crippen LogP contribution in [0.15, 0.2) is 41.3 Å². The smallest absolute Gasteiger partial charge is 0.356 e. The number of halogens is 2. The number of fused-ring (bicyclic) bond motifs is 1. The zero-order valence-corrected chi connectivity index (χ0v) is 21.7. The second kappa shape index (κ2) is 10.3. The van der Waals surface area contributed by atoms with Crippen LogP contribution in [-0.4, -0.2) is 50.5 Å².